The zero-order valence-corrected chi connectivity index (χ0v) is 12.6. The van der Waals surface area contributed by atoms with Crippen LogP contribution in [0.1, 0.15) is 42.5 Å². The Hall–Kier alpha value is -1.96. The summed E-state index contributed by atoms with van der Waals surface area (Å²) >= 11 is 0. The molecule has 2 rings (SSSR count). The summed E-state index contributed by atoms with van der Waals surface area (Å²) in [7, 11) is 0. The molecule has 2 aromatic rings. The predicted octanol–water partition coefficient (Wildman–Crippen LogP) is 4.43. The van der Waals surface area contributed by atoms with Crippen molar-refractivity contribution in [3.63, 3.8) is 0 Å². The number of aryl methyl sites for hydroxylation is 2. The first-order chi connectivity index (χ1) is 9.38. The molecule has 0 aliphatic rings. The third kappa shape index (κ3) is 2.38. The lowest BCUT2D eigenvalue weighted by Crippen LogP contribution is -2.23. The van der Waals surface area contributed by atoms with Crippen molar-refractivity contribution >= 4 is 0 Å². The van der Waals surface area contributed by atoms with Gasteiger partial charge in [-0.25, -0.2) is 0 Å². The van der Waals surface area contributed by atoms with Gasteiger partial charge in [0.2, 0.25) is 0 Å². The van der Waals surface area contributed by atoms with Crippen LogP contribution in [0.25, 0.3) is 0 Å². The van der Waals surface area contributed by atoms with E-state index in [1.165, 1.54) is 0 Å². The minimum absolute atomic E-state index is 0.279. The summed E-state index contributed by atoms with van der Waals surface area (Å²) in [6, 6.07) is 11.2. The first kappa shape index (κ1) is 14.4. The monoisotopic (exact) mass is 270 g/mol. The zero-order valence-electron chi connectivity index (χ0n) is 12.6. The fourth-order valence-electron chi connectivity index (χ4n) is 2.71. The third-order valence-electron chi connectivity index (χ3n) is 4.20. The van der Waals surface area contributed by atoms with E-state index in [0.29, 0.717) is 0 Å². The van der Waals surface area contributed by atoms with Crippen LogP contribution in [-0.2, 0) is 5.41 Å². The molecule has 0 spiro atoms. The van der Waals surface area contributed by atoms with Crippen molar-refractivity contribution in [1.29, 1.82) is 0 Å². The Morgan fingerprint density at radius 3 is 1.60 bits per heavy atom. The maximum Gasteiger partial charge on any atom is 0.119 e. The van der Waals surface area contributed by atoms with Gasteiger partial charge >= 0.3 is 0 Å². The molecular formula is C18H22O2. The third-order valence-corrected chi connectivity index (χ3v) is 4.20. The van der Waals surface area contributed by atoms with Gasteiger partial charge in [0.15, 0.2) is 0 Å². The number of hydrogen-bond donors (Lipinski definition) is 2. The topological polar surface area (TPSA) is 40.5 Å². The predicted molar refractivity (Wildman–Crippen MR) is 82.4 cm³/mol. The molecule has 0 unspecified atom stereocenters. The molecule has 0 saturated carbocycles. The summed E-state index contributed by atoms with van der Waals surface area (Å²) in [5, 5.41) is 20.5. The molecule has 0 aromatic heterocycles. The van der Waals surface area contributed by atoms with Gasteiger partial charge in [-0.1, -0.05) is 49.2 Å². The number of phenols is 2. The van der Waals surface area contributed by atoms with Crippen molar-refractivity contribution in [2.24, 2.45) is 0 Å². The molecule has 2 heteroatoms. The molecule has 2 nitrogen and oxygen atoms in total. The molecule has 0 aliphatic carbocycles. The summed E-state index contributed by atoms with van der Waals surface area (Å²) in [6.07, 6.45) is 0.793. The average Bonchev–Trinajstić information content (AvgIpc) is 2.43. The van der Waals surface area contributed by atoms with Crippen molar-refractivity contribution in [2.45, 2.75) is 39.5 Å². The van der Waals surface area contributed by atoms with Crippen LogP contribution in [0.4, 0.5) is 0 Å². The second-order valence-corrected chi connectivity index (χ2v) is 5.73. The summed E-state index contributed by atoms with van der Waals surface area (Å²) in [6.45, 7) is 8.16. The van der Waals surface area contributed by atoms with E-state index in [1.807, 2.05) is 38.1 Å². The van der Waals surface area contributed by atoms with Crippen molar-refractivity contribution in [1.82, 2.24) is 0 Å². The normalized spacial score (nSPS) is 11.6. The highest BCUT2D eigenvalue weighted by molar-refractivity contribution is 5.52. The van der Waals surface area contributed by atoms with Gasteiger partial charge in [-0.15, -0.1) is 0 Å². The first-order valence-corrected chi connectivity index (χ1v) is 6.98. The molecule has 0 heterocycles. The zero-order chi connectivity index (χ0) is 14.9. The van der Waals surface area contributed by atoms with Gasteiger partial charge < -0.3 is 10.2 Å². The molecule has 106 valence electrons. The van der Waals surface area contributed by atoms with Crippen molar-refractivity contribution in [2.75, 3.05) is 0 Å². The minimum atomic E-state index is -0.411. The minimum Gasteiger partial charge on any atom is -0.508 e. The fourth-order valence-corrected chi connectivity index (χ4v) is 2.71. The van der Waals surface area contributed by atoms with Gasteiger partial charge in [-0.05, 0) is 32.4 Å². The van der Waals surface area contributed by atoms with Crippen LogP contribution in [0.3, 0.4) is 0 Å². The van der Waals surface area contributed by atoms with Crippen molar-refractivity contribution in [3.05, 3.63) is 58.7 Å². The van der Waals surface area contributed by atoms with E-state index in [9.17, 15) is 10.2 Å². The van der Waals surface area contributed by atoms with Crippen molar-refractivity contribution in [3.8, 4) is 11.5 Å². The standard InChI is InChI=1S/C18H22O2/c1-5-18(4,14-10-12(2)6-8-16(14)19)15-11-13(3)7-9-17(15)20/h6-11,19-20H,5H2,1-4H3. The van der Waals surface area contributed by atoms with E-state index in [4.69, 9.17) is 0 Å². The molecule has 0 aliphatic heterocycles. The summed E-state index contributed by atoms with van der Waals surface area (Å²) in [4.78, 5) is 0. The maximum absolute atomic E-state index is 10.2. The lowest BCUT2D eigenvalue weighted by Gasteiger charge is -2.31. The summed E-state index contributed by atoms with van der Waals surface area (Å²) in [5.41, 5.74) is 3.52. The molecule has 0 saturated heterocycles. The number of phenolic OH excluding ortho intramolecular Hbond substituents is 2. The molecule has 20 heavy (non-hydrogen) atoms. The molecule has 0 atom stereocenters. The number of benzene rings is 2. The number of hydrogen-bond acceptors (Lipinski definition) is 2. The second kappa shape index (κ2) is 5.20. The maximum atomic E-state index is 10.2. The Labute approximate surface area is 120 Å². The van der Waals surface area contributed by atoms with Crippen LogP contribution in [0.2, 0.25) is 0 Å². The molecule has 0 fully saturated rings. The van der Waals surface area contributed by atoms with E-state index in [-0.39, 0.29) is 11.5 Å². The molecule has 0 bridgehead atoms. The largest absolute Gasteiger partial charge is 0.508 e. The van der Waals surface area contributed by atoms with E-state index in [1.54, 1.807) is 12.1 Å². The molecule has 2 aromatic carbocycles. The van der Waals surface area contributed by atoms with Crippen LogP contribution in [0.15, 0.2) is 36.4 Å². The van der Waals surface area contributed by atoms with Gasteiger partial charge in [-0.3, -0.25) is 0 Å². The second-order valence-electron chi connectivity index (χ2n) is 5.73. The Bertz CT molecular complexity index is 578. The van der Waals surface area contributed by atoms with Crippen LogP contribution in [0, 0.1) is 13.8 Å². The van der Waals surface area contributed by atoms with Crippen LogP contribution >= 0.6 is 0 Å². The summed E-state index contributed by atoms with van der Waals surface area (Å²) < 4.78 is 0. The van der Waals surface area contributed by atoms with E-state index in [0.717, 1.165) is 28.7 Å². The molecule has 0 radical (unpaired) electrons. The van der Waals surface area contributed by atoms with Gasteiger partial charge in [0, 0.05) is 16.5 Å². The fraction of sp³-hybridized carbons (Fsp3) is 0.333. The van der Waals surface area contributed by atoms with Gasteiger partial charge in [0.05, 0.1) is 0 Å². The Morgan fingerprint density at radius 2 is 1.25 bits per heavy atom. The number of rotatable bonds is 3. The van der Waals surface area contributed by atoms with Crippen molar-refractivity contribution < 1.29 is 10.2 Å². The Morgan fingerprint density at radius 1 is 0.850 bits per heavy atom. The number of aromatic hydroxyl groups is 2. The van der Waals surface area contributed by atoms with E-state index in [2.05, 4.69) is 13.8 Å². The quantitative estimate of drug-likeness (QED) is 0.866. The molecular weight excluding hydrogens is 248 g/mol. The molecule has 0 amide bonds. The Kier molecular flexibility index (Phi) is 3.76. The SMILES string of the molecule is CCC(C)(c1cc(C)ccc1O)c1cc(C)ccc1O. The summed E-state index contributed by atoms with van der Waals surface area (Å²) in [5.74, 6) is 0.557. The average molecular weight is 270 g/mol. The lowest BCUT2D eigenvalue weighted by molar-refractivity contribution is 0.420. The highest BCUT2D eigenvalue weighted by Gasteiger charge is 2.32. The highest BCUT2D eigenvalue weighted by atomic mass is 16.3. The van der Waals surface area contributed by atoms with E-state index >= 15 is 0 Å². The highest BCUT2D eigenvalue weighted by Crippen LogP contribution is 2.43. The van der Waals surface area contributed by atoms with Gasteiger partial charge in [0.1, 0.15) is 11.5 Å². The first-order valence-electron chi connectivity index (χ1n) is 6.98. The van der Waals surface area contributed by atoms with E-state index < -0.39 is 5.41 Å². The van der Waals surface area contributed by atoms with Gasteiger partial charge in [-0.2, -0.15) is 0 Å². The van der Waals surface area contributed by atoms with Gasteiger partial charge in [0.25, 0.3) is 0 Å². The Balaban J connectivity index is 2.70. The van der Waals surface area contributed by atoms with Crippen LogP contribution in [-0.4, -0.2) is 10.2 Å². The van der Waals surface area contributed by atoms with Crippen LogP contribution < -0.4 is 0 Å². The smallest absolute Gasteiger partial charge is 0.119 e. The lowest BCUT2D eigenvalue weighted by atomic mass is 9.72. The van der Waals surface area contributed by atoms with Crippen LogP contribution in [0.5, 0.6) is 11.5 Å². The molecule has 2 N–H and O–H groups in total.